The highest BCUT2D eigenvalue weighted by Gasteiger charge is 2.46. The first-order chi connectivity index (χ1) is 8.48. The smallest absolute Gasteiger partial charge is 0.366 e. The Morgan fingerprint density at radius 1 is 1.39 bits per heavy atom. The molecule has 98 valence electrons. The quantitative estimate of drug-likeness (QED) is 0.836. The number of nitrogens with zero attached hydrogens (tertiary/aromatic N) is 2. The molecule has 1 aliphatic heterocycles. The Morgan fingerprint density at radius 2 is 2.17 bits per heavy atom. The number of aromatic amines is 1. The third kappa shape index (κ3) is 1.60. The molecule has 0 aromatic carbocycles. The number of rotatable bonds is 1. The molecule has 1 aliphatic carbocycles. The standard InChI is InChI=1S/C11H12F3N3O/c12-11(13,14)9-8(4-15-16-10(9)18)17-5-6-2-1-3-7(6)17/h4,6-7H,1-3,5H2,(H,16,18)/t6-,7+/m1/s1. The van der Waals surface area contributed by atoms with E-state index in [1.165, 1.54) is 0 Å². The lowest BCUT2D eigenvalue weighted by atomic mass is 9.91. The Balaban J connectivity index is 2.02. The van der Waals surface area contributed by atoms with Crippen LogP contribution in [0.3, 0.4) is 0 Å². The van der Waals surface area contributed by atoms with E-state index < -0.39 is 17.3 Å². The molecule has 2 aliphatic rings. The van der Waals surface area contributed by atoms with Gasteiger partial charge in [0.25, 0.3) is 5.56 Å². The maximum absolute atomic E-state index is 12.9. The molecule has 1 aromatic rings. The summed E-state index contributed by atoms with van der Waals surface area (Å²) in [7, 11) is 0. The molecule has 2 heterocycles. The summed E-state index contributed by atoms with van der Waals surface area (Å²) < 4.78 is 38.7. The van der Waals surface area contributed by atoms with Gasteiger partial charge in [-0.3, -0.25) is 4.79 Å². The third-order valence-electron chi connectivity index (χ3n) is 3.88. The fourth-order valence-electron chi connectivity index (χ4n) is 3.05. The predicted octanol–water partition coefficient (Wildman–Crippen LogP) is 1.78. The van der Waals surface area contributed by atoms with Gasteiger partial charge in [-0.1, -0.05) is 6.42 Å². The van der Waals surface area contributed by atoms with E-state index >= 15 is 0 Å². The largest absolute Gasteiger partial charge is 0.423 e. The van der Waals surface area contributed by atoms with Crippen LogP contribution in [0.25, 0.3) is 0 Å². The number of halogens is 3. The molecule has 18 heavy (non-hydrogen) atoms. The van der Waals surface area contributed by atoms with Crippen LogP contribution in [0.15, 0.2) is 11.0 Å². The summed E-state index contributed by atoms with van der Waals surface area (Å²) in [4.78, 5) is 13.0. The lowest BCUT2D eigenvalue weighted by Gasteiger charge is -2.46. The van der Waals surface area contributed by atoms with Gasteiger partial charge in [0, 0.05) is 12.6 Å². The number of fused-ring (bicyclic) bond motifs is 1. The van der Waals surface area contributed by atoms with Gasteiger partial charge in [0.1, 0.15) is 5.56 Å². The van der Waals surface area contributed by atoms with Crippen LogP contribution in [0.5, 0.6) is 0 Å². The van der Waals surface area contributed by atoms with E-state index in [4.69, 9.17) is 0 Å². The Kier molecular flexibility index (Phi) is 2.39. The first-order valence-electron chi connectivity index (χ1n) is 5.90. The Labute approximate surface area is 101 Å². The summed E-state index contributed by atoms with van der Waals surface area (Å²) in [6, 6.07) is 0.148. The van der Waals surface area contributed by atoms with Crippen molar-refractivity contribution < 1.29 is 13.2 Å². The molecular formula is C11H12F3N3O. The van der Waals surface area contributed by atoms with Crippen molar-refractivity contribution in [2.75, 3.05) is 11.4 Å². The Bertz CT molecular complexity index is 525. The van der Waals surface area contributed by atoms with Crippen molar-refractivity contribution in [3.8, 4) is 0 Å². The average Bonchev–Trinajstić information content (AvgIpc) is 2.58. The van der Waals surface area contributed by atoms with Crippen LogP contribution in [0.4, 0.5) is 18.9 Å². The van der Waals surface area contributed by atoms with E-state index in [9.17, 15) is 18.0 Å². The lowest BCUT2D eigenvalue weighted by Crippen LogP contribution is -2.54. The van der Waals surface area contributed by atoms with Crippen molar-refractivity contribution in [3.05, 3.63) is 22.1 Å². The zero-order valence-corrected chi connectivity index (χ0v) is 9.50. The Morgan fingerprint density at radius 3 is 2.83 bits per heavy atom. The van der Waals surface area contributed by atoms with E-state index in [-0.39, 0.29) is 11.7 Å². The second-order valence-corrected chi connectivity index (χ2v) is 4.87. The number of aromatic nitrogens is 2. The van der Waals surface area contributed by atoms with Gasteiger partial charge >= 0.3 is 6.18 Å². The lowest BCUT2D eigenvalue weighted by molar-refractivity contribution is -0.138. The molecule has 1 aromatic heterocycles. The van der Waals surface area contributed by atoms with Crippen molar-refractivity contribution in [2.24, 2.45) is 5.92 Å². The number of anilines is 1. The maximum Gasteiger partial charge on any atom is 0.423 e. The number of hydrogen-bond donors (Lipinski definition) is 1. The minimum Gasteiger partial charge on any atom is -0.366 e. The van der Waals surface area contributed by atoms with Gasteiger partial charge in [0.15, 0.2) is 0 Å². The molecule has 2 atom stereocenters. The van der Waals surface area contributed by atoms with E-state index in [0.717, 1.165) is 25.5 Å². The predicted molar refractivity (Wildman–Crippen MR) is 58.3 cm³/mol. The zero-order valence-electron chi connectivity index (χ0n) is 9.50. The molecular weight excluding hydrogens is 247 g/mol. The second kappa shape index (κ2) is 3.73. The molecule has 0 unspecified atom stereocenters. The molecule has 0 spiro atoms. The molecule has 0 radical (unpaired) electrons. The number of H-pyrrole nitrogens is 1. The van der Waals surface area contributed by atoms with E-state index in [1.807, 2.05) is 5.10 Å². The van der Waals surface area contributed by atoms with E-state index in [0.29, 0.717) is 12.5 Å². The second-order valence-electron chi connectivity index (χ2n) is 4.87. The van der Waals surface area contributed by atoms with Crippen molar-refractivity contribution in [1.29, 1.82) is 0 Å². The third-order valence-corrected chi connectivity index (χ3v) is 3.88. The Hall–Kier alpha value is -1.53. The molecule has 0 bridgehead atoms. The monoisotopic (exact) mass is 259 g/mol. The minimum atomic E-state index is -4.64. The van der Waals surface area contributed by atoms with Gasteiger partial charge in [-0.25, -0.2) is 5.10 Å². The molecule has 4 nitrogen and oxygen atoms in total. The highest BCUT2D eigenvalue weighted by Crippen LogP contribution is 2.44. The number of alkyl halides is 3. The summed E-state index contributed by atoms with van der Waals surface area (Å²) in [5.41, 5.74) is -2.36. The van der Waals surface area contributed by atoms with Crippen LogP contribution in [0.2, 0.25) is 0 Å². The first-order valence-corrected chi connectivity index (χ1v) is 5.90. The summed E-state index contributed by atoms with van der Waals surface area (Å²) >= 11 is 0. The summed E-state index contributed by atoms with van der Waals surface area (Å²) in [6.45, 7) is 0.596. The van der Waals surface area contributed by atoms with Crippen molar-refractivity contribution >= 4 is 5.69 Å². The average molecular weight is 259 g/mol. The topological polar surface area (TPSA) is 49.0 Å². The van der Waals surface area contributed by atoms with Crippen LogP contribution >= 0.6 is 0 Å². The van der Waals surface area contributed by atoms with Crippen molar-refractivity contribution in [3.63, 3.8) is 0 Å². The van der Waals surface area contributed by atoms with Crippen LogP contribution < -0.4 is 10.5 Å². The highest BCUT2D eigenvalue weighted by atomic mass is 19.4. The van der Waals surface area contributed by atoms with E-state index in [1.54, 1.807) is 4.90 Å². The van der Waals surface area contributed by atoms with Crippen molar-refractivity contribution in [1.82, 2.24) is 10.2 Å². The van der Waals surface area contributed by atoms with Crippen LogP contribution in [-0.2, 0) is 6.18 Å². The number of hydrogen-bond acceptors (Lipinski definition) is 3. The van der Waals surface area contributed by atoms with Gasteiger partial charge < -0.3 is 4.90 Å². The molecule has 7 heteroatoms. The number of nitrogens with one attached hydrogen (secondary N) is 1. The molecule has 1 N–H and O–H groups in total. The van der Waals surface area contributed by atoms with Gasteiger partial charge in [-0.15, -0.1) is 0 Å². The molecule has 0 amide bonds. The molecule has 1 saturated carbocycles. The van der Waals surface area contributed by atoms with E-state index in [2.05, 4.69) is 5.10 Å². The summed E-state index contributed by atoms with van der Waals surface area (Å²) in [5.74, 6) is 0.477. The van der Waals surface area contributed by atoms with Crippen LogP contribution in [0, 0.1) is 5.92 Å². The van der Waals surface area contributed by atoms with Crippen molar-refractivity contribution in [2.45, 2.75) is 31.5 Å². The normalized spacial score (nSPS) is 26.9. The zero-order chi connectivity index (χ0) is 12.9. The van der Waals surface area contributed by atoms with Crippen LogP contribution in [-0.4, -0.2) is 22.8 Å². The SMILES string of the molecule is O=c1[nH]ncc(N2C[C@H]3CCC[C@@H]32)c1C(F)(F)F. The fourth-order valence-corrected chi connectivity index (χ4v) is 3.05. The fraction of sp³-hybridized carbons (Fsp3) is 0.636. The molecule has 2 fully saturated rings. The maximum atomic E-state index is 12.9. The molecule has 3 rings (SSSR count). The van der Waals surface area contributed by atoms with Gasteiger partial charge in [-0.2, -0.15) is 18.3 Å². The highest BCUT2D eigenvalue weighted by molar-refractivity contribution is 5.55. The summed E-state index contributed by atoms with van der Waals surface area (Å²) in [5, 5.41) is 5.35. The van der Waals surface area contributed by atoms with Crippen LogP contribution in [0.1, 0.15) is 24.8 Å². The van der Waals surface area contributed by atoms with Gasteiger partial charge in [0.2, 0.25) is 0 Å². The molecule has 1 saturated heterocycles. The van der Waals surface area contributed by atoms with Gasteiger partial charge in [0.05, 0.1) is 11.9 Å². The minimum absolute atomic E-state index is 0.0746. The summed E-state index contributed by atoms with van der Waals surface area (Å²) in [6.07, 6.45) is -0.522. The van der Waals surface area contributed by atoms with Gasteiger partial charge in [-0.05, 0) is 18.8 Å². The first kappa shape index (κ1) is 11.6.